The molecule has 146 valence electrons. The number of nitrogens with zero attached hydrogens (tertiary/aromatic N) is 4. The number of aromatic nitrogens is 3. The second kappa shape index (κ2) is 8.12. The monoisotopic (exact) mass is 397 g/mol. The van der Waals surface area contributed by atoms with Crippen LogP contribution >= 0.6 is 11.3 Å². The Bertz CT molecular complexity index is 944. The molecule has 0 bridgehead atoms. The Hall–Kier alpha value is -2.71. The van der Waals surface area contributed by atoms with Crippen LogP contribution in [0.2, 0.25) is 0 Å². The summed E-state index contributed by atoms with van der Waals surface area (Å²) in [7, 11) is 0. The number of nitrogens with one attached hydrogen (secondary N) is 1. The van der Waals surface area contributed by atoms with Gasteiger partial charge in [-0.25, -0.2) is 4.98 Å². The van der Waals surface area contributed by atoms with Crippen LogP contribution in [-0.2, 0) is 9.53 Å². The molecule has 0 unspecified atom stereocenters. The molecule has 1 N–H and O–H groups in total. The first-order valence-corrected chi connectivity index (χ1v) is 10.2. The minimum Gasteiger partial charge on any atom is -0.378 e. The van der Waals surface area contributed by atoms with Crippen molar-refractivity contribution < 1.29 is 9.53 Å². The number of thiazole rings is 1. The molecule has 1 aromatic carbocycles. The standard InChI is InChI=1S/C20H23N5O2S/c1-14-7-8-21-25(14)15(2)19(26)22-17-5-3-16(4-6-17)18-13-28-20(23-18)24-9-11-27-12-10-24/h3-8,13,15H,9-12H2,1-2H3,(H,22,26)/t15-/m0/s1. The first kappa shape index (κ1) is 18.6. The van der Waals surface area contributed by atoms with Gasteiger partial charge in [0.15, 0.2) is 5.13 Å². The number of anilines is 2. The summed E-state index contributed by atoms with van der Waals surface area (Å²) in [4.78, 5) is 19.5. The number of carbonyl (C=O) groups excluding carboxylic acids is 1. The Balaban J connectivity index is 1.42. The average Bonchev–Trinajstić information content (AvgIpc) is 3.38. The summed E-state index contributed by atoms with van der Waals surface area (Å²) in [5, 5.41) is 10.3. The number of benzene rings is 1. The van der Waals surface area contributed by atoms with Crippen LogP contribution in [0.5, 0.6) is 0 Å². The molecule has 1 aliphatic heterocycles. The fraction of sp³-hybridized carbons (Fsp3) is 0.350. The number of carbonyl (C=O) groups is 1. The topological polar surface area (TPSA) is 72.3 Å². The summed E-state index contributed by atoms with van der Waals surface area (Å²) in [6.45, 7) is 7.04. The maximum atomic E-state index is 12.5. The van der Waals surface area contributed by atoms with Crippen LogP contribution in [0.15, 0.2) is 41.9 Å². The fourth-order valence-electron chi connectivity index (χ4n) is 3.16. The van der Waals surface area contributed by atoms with E-state index in [2.05, 4.69) is 20.7 Å². The third-order valence-electron chi connectivity index (χ3n) is 4.84. The number of ether oxygens (including phenoxy) is 1. The Morgan fingerprint density at radius 2 is 1.96 bits per heavy atom. The van der Waals surface area contributed by atoms with E-state index in [1.54, 1.807) is 22.2 Å². The van der Waals surface area contributed by atoms with Crippen LogP contribution < -0.4 is 10.2 Å². The van der Waals surface area contributed by atoms with E-state index in [1.807, 2.05) is 44.2 Å². The van der Waals surface area contributed by atoms with Crippen LogP contribution in [0.4, 0.5) is 10.8 Å². The van der Waals surface area contributed by atoms with E-state index in [0.29, 0.717) is 0 Å². The molecule has 1 aliphatic rings. The largest absolute Gasteiger partial charge is 0.378 e. The first-order chi connectivity index (χ1) is 13.6. The van der Waals surface area contributed by atoms with Crippen molar-refractivity contribution in [3.05, 3.63) is 47.6 Å². The molecule has 28 heavy (non-hydrogen) atoms. The summed E-state index contributed by atoms with van der Waals surface area (Å²) < 4.78 is 7.11. The van der Waals surface area contributed by atoms with Gasteiger partial charge in [0, 0.05) is 41.6 Å². The lowest BCUT2D eigenvalue weighted by Gasteiger charge is -2.26. The lowest BCUT2D eigenvalue weighted by molar-refractivity contribution is -0.119. The number of morpholine rings is 1. The Labute approximate surface area is 168 Å². The molecule has 3 heterocycles. The molecule has 1 atom stereocenters. The molecule has 3 aromatic rings. The predicted octanol–water partition coefficient (Wildman–Crippen LogP) is 3.35. The van der Waals surface area contributed by atoms with E-state index in [4.69, 9.17) is 9.72 Å². The van der Waals surface area contributed by atoms with E-state index in [1.165, 1.54) is 0 Å². The van der Waals surface area contributed by atoms with Gasteiger partial charge in [-0.15, -0.1) is 11.3 Å². The lowest BCUT2D eigenvalue weighted by atomic mass is 10.1. The molecule has 2 aromatic heterocycles. The van der Waals surface area contributed by atoms with Crippen LogP contribution in [0.3, 0.4) is 0 Å². The summed E-state index contributed by atoms with van der Waals surface area (Å²) in [5.41, 5.74) is 3.70. The summed E-state index contributed by atoms with van der Waals surface area (Å²) in [6, 6.07) is 9.30. The molecule has 0 aliphatic carbocycles. The van der Waals surface area contributed by atoms with E-state index in [0.717, 1.165) is 54.1 Å². The maximum absolute atomic E-state index is 12.5. The molecule has 1 fully saturated rings. The molecule has 1 amide bonds. The van der Waals surface area contributed by atoms with Gasteiger partial charge in [-0.1, -0.05) is 12.1 Å². The van der Waals surface area contributed by atoms with E-state index >= 15 is 0 Å². The highest BCUT2D eigenvalue weighted by molar-refractivity contribution is 7.14. The van der Waals surface area contributed by atoms with Crippen LogP contribution in [0.25, 0.3) is 11.3 Å². The highest BCUT2D eigenvalue weighted by atomic mass is 32.1. The molecule has 1 saturated heterocycles. The molecule has 8 heteroatoms. The van der Waals surface area contributed by atoms with Crippen LogP contribution in [0, 0.1) is 6.92 Å². The molecular formula is C20H23N5O2S. The third-order valence-corrected chi connectivity index (χ3v) is 5.74. The minimum absolute atomic E-state index is 0.0946. The Morgan fingerprint density at radius 1 is 1.21 bits per heavy atom. The molecule has 7 nitrogen and oxygen atoms in total. The zero-order chi connectivity index (χ0) is 19.5. The van der Waals surface area contributed by atoms with Crippen molar-refractivity contribution in [2.75, 3.05) is 36.5 Å². The van der Waals surface area contributed by atoms with Crippen LogP contribution in [0.1, 0.15) is 18.7 Å². The van der Waals surface area contributed by atoms with Crippen molar-refractivity contribution in [1.29, 1.82) is 0 Å². The minimum atomic E-state index is -0.371. The van der Waals surface area contributed by atoms with Gasteiger partial charge in [-0.2, -0.15) is 5.10 Å². The van der Waals surface area contributed by atoms with Gasteiger partial charge in [-0.3, -0.25) is 9.48 Å². The molecule has 0 saturated carbocycles. The summed E-state index contributed by atoms with van der Waals surface area (Å²) in [6.07, 6.45) is 1.70. The van der Waals surface area contributed by atoms with Crippen molar-refractivity contribution in [1.82, 2.24) is 14.8 Å². The quantitative estimate of drug-likeness (QED) is 0.715. The van der Waals surface area contributed by atoms with Gasteiger partial charge in [0.1, 0.15) is 6.04 Å². The van der Waals surface area contributed by atoms with E-state index in [-0.39, 0.29) is 11.9 Å². The number of hydrogen-bond acceptors (Lipinski definition) is 6. The summed E-state index contributed by atoms with van der Waals surface area (Å²) in [5.74, 6) is -0.0946. The smallest absolute Gasteiger partial charge is 0.248 e. The van der Waals surface area contributed by atoms with Crippen molar-refractivity contribution >= 4 is 28.1 Å². The molecule has 4 rings (SSSR count). The van der Waals surface area contributed by atoms with Crippen LogP contribution in [-0.4, -0.2) is 47.0 Å². The maximum Gasteiger partial charge on any atom is 0.248 e. The predicted molar refractivity (Wildman–Crippen MR) is 111 cm³/mol. The van der Waals surface area contributed by atoms with Gasteiger partial charge < -0.3 is 15.0 Å². The number of aryl methyl sites for hydroxylation is 1. The summed E-state index contributed by atoms with van der Waals surface area (Å²) >= 11 is 1.65. The third kappa shape index (κ3) is 3.93. The Kier molecular flexibility index (Phi) is 5.40. The molecule has 0 spiro atoms. The average molecular weight is 398 g/mol. The zero-order valence-electron chi connectivity index (χ0n) is 16.0. The number of amides is 1. The van der Waals surface area contributed by atoms with Crippen molar-refractivity contribution in [2.45, 2.75) is 19.9 Å². The second-order valence-electron chi connectivity index (χ2n) is 6.77. The van der Waals surface area contributed by atoms with Gasteiger partial charge >= 0.3 is 0 Å². The Morgan fingerprint density at radius 3 is 2.64 bits per heavy atom. The van der Waals surface area contributed by atoms with E-state index in [9.17, 15) is 4.79 Å². The van der Waals surface area contributed by atoms with E-state index < -0.39 is 0 Å². The van der Waals surface area contributed by atoms with Crippen molar-refractivity contribution in [3.8, 4) is 11.3 Å². The zero-order valence-corrected chi connectivity index (χ0v) is 16.8. The second-order valence-corrected chi connectivity index (χ2v) is 7.61. The van der Waals surface area contributed by atoms with Gasteiger partial charge in [0.2, 0.25) is 5.91 Å². The lowest BCUT2D eigenvalue weighted by Crippen LogP contribution is -2.36. The van der Waals surface area contributed by atoms with Crippen molar-refractivity contribution in [2.24, 2.45) is 0 Å². The first-order valence-electron chi connectivity index (χ1n) is 9.31. The van der Waals surface area contributed by atoms with Crippen molar-refractivity contribution in [3.63, 3.8) is 0 Å². The van der Waals surface area contributed by atoms with Gasteiger partial charge in [0.05, 0.1) is 18.9 Å². The number of hydrogen-bond donors (Lipinski definition) is 1. The van der Waals surface area contributed by atoms with Gasteiger partial charge in [-0.05, 0) is 32.0 Å². The fourth-order valence-corrected chi connectivity index (χ4v) is 4.05. The number of rotatable bonds is 5. The molecule has 0 radical (unpaired) electrons. The normalized spacial score (nSPS) is 15.4. The SMILES string of the molecule is Cc1ccnn1[C@@H](C)C(=O)Nc1ccc(-c2csc(N3CCOCC3)n2)cc1. The molecular weight excluding hydrogens is 374 g/mol. The highest BCUT2D eigenvalue weighted by Gasteiger charge is 2.18. The highest BCUT2D eigenvalue weighted by Crippen LogP contribution is 2.28. The van der Waals surface area contributed by atoms with Gasteiger partial charge in [0.25, 0.3) is 0 Å².